The van der Waals surface area contributed by atoms with E-state index in [0.717, 1.165) is 0 Å². The molecule has 0 aliphatic rings. The van der Waals surface area contributed by atoms with E-state index in [2.05, 4.69) is 15.5 Å². The van der Waals surface area contributed by atoms with Crippen LogP contribution in [0.2, 0.25) is 10.0 Å². The molecule has 158 valence electrons. The highest BCUT2D eigenvalue weighted by atomic mass is 35.5. The summed E-state index contributed by atoms with van der Waals surface area (Å²) in [5.41, 5.74) is 0.618. The first-order chi connectivity index (χ1) is 15.0. The van der Waals surface area contributed by atoms with Crippen LogP contribution >= 0.6 is 23.2 Å². The van der Waals surface area contributed by atoms with Gasteiger partial charge in [0.25, 0.3) is 5.91 Å². The minimum Gasteiger partial charge on any atom is -0.471 e. The standard InChI is InChI=1S/C21H16Cl2FN5O2/c22-15-5-3-6-16(10-15)31-13-28-9-8-19(26-28)21(30)25-20-17(23)12-29(27-20)11-14-4-1-2-7-18(14)24/h1-10,12H,11,13H2,(H,25,27,30). The molecule has 7 nitrogen and oxygen atoms in total. The molecule has 2 aromatic heterocycles. The number of aromatic nitrogens is 4. The summed E-state index contributed by atoms with van der Waals surface area (Å²) in [6, 6.07) is 14.9. The number of amides is 1. The van der Waals surface area contributed by atoms with Crippen LogP contribution in [0.4, 0.5) is 10.2 Å². The highest BCUT2D eigenvalue weighted by molar-refractivity contribution is 6.33. The number of halogens is 3. The molecule has 0 atom stereocenters. The average molecular weight is 460 g/mol. The predicted molar refractivity (Wildman–Crippen MR) is 115 cm³/mol. The Labute approximate surface area is 187 Å². The summed E-state index contributed by atoms with van der Waals surface area (Å²) < 4.78 is 22.3. The number of anilines is 1. The first kappa shape index (κ1) is 20.9. The Morgan fingerprint density at radius 2 is 1.90 bits per heavy atom. The van der Waals surface area contributed by atoms with Gasteiger partial charge in [-0.3, -0.25) is 9.48 Å². The van der Waals surface area contributed by atoms with Crippen LogP contribution in [0.1, 0.15) is 16.1 Å². The van der Waals surface area contributed by atoms with E-state index in [0.29, 0.717) is 16.3 Å². The lowest BCUT2D eigenvalue weighted by Gasteiger charge is -2.06. The smallest absolute Gasteiger partial charge is 0.277 e. The monoisotopic (exact) mass is 459 g/mol. The number of hydrogen-bond acceptors (Lipinski definition) is 4. The molecule has 0 saturated heterocycles. The van der Waals surface area contributed by atoms with Gasteiger partial charge in [0, 0.05) is 23.0 Å². The lowest BCUT2D eigenvalue weighted by atomic mass is 10.2. The Balaban J connectivity index is 1.38. The first-order valence-electron chi connectivity index (χ1n) is 9.17. The van der Waals surface area contributed by atoms with Crippen LogP contribution in [0.5, 0.6) is 5.75 Å². The van der Waals surface area contributed by atoms with Gasteiger partial charge in [0.15, 0.2) is 18.2 Å². The zero-order chi connectivity index (χ0) is 21.8. The van der Waals surface area contributed by atoms with Gasteiger partial charge in [0.2, 0.25) is 0 Å². The van der Waals surface area contributed by atoms with Gasteiger partial charge in [-0.15, -0.1) is 0 Å². The van der Waals surface area contributed by atoms with E-state index in [9.17, 15) is 9.18 Å². The third kappa shape index (κ3) is 5.22. The van der Waals surface area contributed by atoms with E-state index in [1.54, 1.807) is 54.7 Å². The largest absolute Gasteiger partial charge is 0.471 e. The highest BCUT2D eigenvalue weighted by Crippen LogP contribution is 2.21. The second kappa shape index (κ2) is 9.20. The number of nitrogens with one attached hydrogen (secondary N) is 1. The molecule has 10 heteroatoms. The Morgan fingerprint density at radius 3 is 2.71 bits per heavy atom. The van der Waals surface area contributed by atoms with E-state index < -0.39 is 5.91 Å². The number of carbonyl (C=O) groups excluding carboxylic acids is 1. The summed E-state index contributed by atoms with van der Waals surface area (Å²) in [5.74, 6) is -0.0845. The summed E-state index contributed by atoms with van der Waals surface area (Å²) in [7, 11) is 0. The Bertz CT molecular complexity index is 1220. The van der Waals surface area contributed by atoms with Gasteiger partial charge in [-0.2, -0.15) is 10.2 Å². The number of benzene rings is 2. The number of nitrogens with zero attached hydrogens (tertiary/aromatic N) is 4. The summed E-state index contributed by atoms with van der Waals surface area (Å²) >= 11 is 12.1. The van der Waals surface area contributed by atoms with Gasteiger partial charge in [-0.25, -0.2) is 9.07 Å². The number of carbonyl (C=O) groups is 1. The summed E-state index contributed by atoms with van der Waals surface area (Å²) in [6.45, 7) is 0.281. The average Bonchev–Trinajstić information content (AvgIpc) is 3.35. The molecule has 4 rings (SSSR count). The molecule has 0 unspecified atom stereocenters. The van der Waals surface area contributed by atoms with Crippen molar-refractivity contribution in [2.24, 2.45) is 0 Å². The number of rotatable bonds is 7. The molecule has 31 heavy (non-hydrogen) atoms. The number of hydrogen-bond donors (Lipinski definition) is 1. The predicted octanol–water partition coefficient (Wildman–Crippen LogP) is 4.86. The molecule has 1 N–H and O–H groups in total. The van der Waals surface area contributed by atoms with Gasteiger partial charge >= 0.3 is 0 Å². The van der Waals surface area contributed by atoms with Gasteiger partial charge < -0.3 is 10.1 Å². The molecule has 1 amide bonds. The topological polar surface area (TPSA) is 74.0 Å². The fourth-order valence-electron chi connectivity index (χ4n) is 2.79. The zero-order valence-electron chi connectivity index (χ0n) is 16.0. The summed E-state index contributed by atoms with van der Waals surface area (Å²) in [4.78, 5) is 12.5. The minimum absolute atomic E-state index is 0.103. The fraction of sp³-hybridized carbons (Fsp3) is 0.0952. The van der Waals surface area contributed by atoms with E-state index in [4.69, 9.17) is 27.9 Å². The summed E-state index contributed by atoms with van der Waals surface area (Å²) in [5, 5.41) is 11.8. The van der Waals surface area contributed by atoms with Crippen molar-refractivity contribution in [2.75, 3.05) is 5.32 Å². The molecule has 0 saturated carbocycles. The van der Waals surface area contributed by atoms with Crippen molar-refractivity contribution in [3.63, 3.8) is 0 Å². The van der Waals surface area contributed by atoms with E-state index >= 15 is 0 Å². The van der Waals surface area contributed by atoms with Crippen molar-refractivity contribution in [1.29, 1.82) is 0 Å². The lowest BCUT2D eigenvalue weighted by molar-refractivity contribution is 0.101. The van der Waals surface area contributed by atoms with Crippen LogP contribution < -0.4 is 10.1 Å². The molecule has 0 spiro atoms. The first-order valence-corrected chi connectivity index (χ1v) is 9.93. The van der Waals surface area contributed by atoms with Crippen molar-refractivity contribution >= 4 is 34.9 Å². The molecular weight excluding hydrogens is 444 g/mol. The van der Waals surface area contributed by atoms with Gasteiger partial charge in [-0.05, 0) is 30.3 Å². The van der Waals surface area contributed by atoms with E-state index in [-0.39, 0.29) is 35.6 Å². The number of ether oxygens (including phenoxy) is 1. The third-order valence-corrected chi connectivity index (χ3v) is 4.78. The van der Waals surface area contributed by atoms with E-state index in [1.165, 1.54) is 21.6 Å². The molecule has 0 fully saturated rings. The normalized spacial score (nSPS) is 10.8. The maximum absolute atomic E-state index is 13.8. The van der Waals surface area contributed by atoms with Crippen LogP contribution in [0.15, 0.2) is 67.0 Å². The van der Waals surface area contributed by atoms with Crippen molar-refractivity contribution in [3.8, 4) is 5.75 Å². The fourth-order valence-corrected chi connectivity index (χ4v) is 3.17. The van der Waals surface area contributed by atoms with Crippen LogP contribution in [0.25, 0.3) is 0 Å². The second-order valence-corrected chi connectivity index (χ2v) is 7.38. The summed E-state index contributed by atoms with van der Waals surface area (Å²) in [6.07, 6.45) is 3.12. The van der Waals surface area contributed by atoms with Crippen molar-refractivity contribution < 1.29 is 13.9 Å². The Morgan fingerprint density at radius 1 is 1.06 bits per heavy atom. The zero-order valence-corrected chi connectivity index (χ0v) is 17.5. The molecule has 2 heterocycles. The molecule has 0 aliphatic heterocycles. The maximum Gasteiger partial charge on any atom is 0.277 e. The molecule has 0 radical (unpaired) electrons. The van der Waals surface area contributed by atoms with E-state index in [1.807, 2.05) is 0 Å². The van der Waals surface area contributed by atoms with Crippen molar-refractivity contribution in [3.05, 3.63) is 94.1 Å². The molecule has 0 aliphatic carbocycles. The quantitative estimate of drug-likeness (QED) is 0.428. The third-order valence-electron chi connectivity index (χ3n) is 4.27. The highest BCUT2D eigenvalue weighted by Gasteiger charge is 2.15. The van der Waals surface area contributed by atoms with Crippen LogP contribution in [0, 0.1) is 5.82 Å². The Hall–Kier alpha value is -3.36. The molecule has 4 aromatic rings. The van der Waals surface area contributed by atoms with Crippen molar-refractivity contribution in [1.82, 2.24) is 19.6 Å². The van der Waals surface area contributed by atoms with Crippen molar-refractivity contribution in [2.45, 2.75) is 13.3 Å². The van der Waals surface area contributed by atoms with Gasteiger partial charge in [0.05, 0.1) is 6.54 Å². The Kier molecular flexibility index (Phi) is 6.20. The van der Waals surface area contributed by atoms with Crippen LogP contribution in [-0.4, -0.2) is 25.5 Å². The van der Waals surface area contributed by atoms with Gasteiger partial charge in [0.1, 0.15) is 16.6 Å². The minimum atomic E-state index is -0.487. The molecule has 2 aromatic carbocycles. The molecule has 0 bridgehead atoms. The lowest BCUT2D eigenvalue weighted by Crippen LogP contribution is -2.15. The SMILES string of the molecule is O=C(Nc1nn(Cc2ccccc2F)cc1Cl)c1ccn(COc2cccc(Cl)c2)n1. The molecular formula is C21H16Cl2FN5O2. The van der Waals surface area contributed by atoms with Crippen LogP contribution in [0.3, 0.4) is 0 Å². The maximum atomic E-state index is 13.8. The van der Waals surface area contributed by atoms with Gasteiger partial charge in [-0.1, -0.05) is 47.5 Å². The second-order valence-electron chi connectivity index (χ2n) is 6.54. The van der Waals surface area contributed by atoms with Crippen LogP contribution in [-0.2, 0) is 13.3 Å².